The fraction of sp³-hybridized carbons (Fsp3) is 0.360. The number of nitrogens with zero attached hydrogens (tertiary/aromatic N) is 2. The van der Waals surface area contributed by atoms with Gasteiger partial charge in [0.05, 0.1) is 17.6 Å². The van der Waals surface area contributed by atoms with Gasteiger partial charge in [-0.05, 0) is 48.1 Å². The lowest BCUT2D eigenvalue weighted by atomic mass is 9.69. The fourth-order valence-electron chi connectivity index (χ4n) is 4.55. The summed E-state index contributed by atoms with van der Waals surface area (Å²) in [6, 6.07) is 12.5. The zero-order chi connectivity index (χ0) is 22.3. The van der Waals surface area contributed by atoms with Crippen molar-refractivity contribution in [2.45, 2.75) is 51.3 Å². The third-order valence-electron chi connectivity index (χ3n) is 5.89. The van der Waals surface area contributed by atoms with Crippen molar-refractivity contribution in [1.82, 2.24) is 0 Å². The normalized spacial score (nSPS) is 20.7. The van der Waals surface area contributed by atoms with Gasteiger partial charge in [-0.25, -0.2) is 0 Å². The molecule has 0 bridgehead atoms. The first-order valence-corrected chi connectivity index (χ1v) is 12.4. The van der Waals surface area contributed by atoms with Crippen molar-refractivity contribution in [2.24, 2.45) is 11.1 Å². The van der Waals surface area contributed by atoms with E-state index in [0.717, 1.165) is 44.5 Å². The molecule has 4 nitrogen and oxygen atoms in total. The maximum Gasteiger partial charge on any atom is 0.162 e. The number of hydrogen-bond acceptors (Lipinski definition) is 6. The van der Waals surface area contributed by atoms with Crippen molar-refractivity contribution in [3.8, 4) is 6.07 Å². The Morgan fingerprint density at radius 2 is 1.97 bits per heavy atom. The molecule has 31 heavy (non-hydrogen) atoms. The molecule has 0 saturated heterocycles. The molecule has 2 aromatic rings. The summed E-state index contributed by atoms with van der Waals surface area (Å²) >= 11 is 3.35. The average molecular weight is 450 g/mol. The number of benzene rings is 1. The molecule has 6 heteroatoms. The lowest BCUT2D eigenvalue weighted by Gasteiger charge is -2.43. The highest BCUT2D eigenvalue weighted by Gasteiger charge is 2.45. The summed E-state index contributed by atoms with van der Waals surface area (Å²) in [7, 11) is 0. The highest BCUT2D eigenvalue weighted by Crippen LogP contribution is 2.52. The van der Waals surface area contributed by atoms with Crippen molar-refractivity contribution in [2.75, 3.05) is 10.7 Å². The third-order valence-corrected chi connectivity index (χ3v) is 7.96. The molecule has 1 aliphatic carbocycles. The molecule has 2 aliphatic rings. The Labute approximate surface area is 192 Å². The Morgan fingerprint density at radius 1 is 1.26 bits per heavy atom. The fourth-order valence-corrected chi connectivity index (χ4v) is 6.60. The Bertz CT molecular complexity index is 1130. The molecule has 0 spiro atoms. The van der Waals surface area contributed by atoms with Gasteiger partial charge in [0, 0.05) is 33.2 Å². The molecule has 0 fully saturated rings. The minimum absolute atomic E-state index is 0.120. The number of nitriles is 1. The first-order valence-electron chi connectivity index (χ1n) is 10.5. The summed E-state index contributed by atoms with van der Waals surface area (Å²) in [5.41, 5.74) is 10.7. The van der Waals surface area contributed by atoms with E-state index in [1.165, 1.54) is 0 Å². The SMILES string of the molecule is CCSc1ccsc1C1C(C#N)=C(N)N(c2ccc(C)cc2)C2=C1C(=O)CC(C)(C)C2. The van der Waals surface area contributed by atoms with E-state index in [9.17, 15) is 10.1 Å². The van der Waals surface area contributed by atoms with Gasteiger partial charge in [0.2, 0.25) is 0 Å². The molecule has 4 rings (SSSR count). The number of aryl methyl sites for hydroxylation is 1. The van der Waals surface area contributed by atoms with Crippen molar-refractivity contribution >= 4 is 34.6 Å². The highest BCUT2D eigenvalue weighted by atomic mass is 32.2. The van der Waals surface area contributed by atoms with Crippen LogP contribution in [-0.4, -0.2) is 11.5 Å². The first-order chi connectivity index (χ1) is 14.8. The first kappa shape index (κ1) is 21.7. The second-order valence-corrected chi connectivity index (χ2v) is 11.2. The van der Waals surface area contributed by atoms with E-state index < -0.39 is 0 Å². The predicted octanol–water partition coefficient (Wildman–Crippen LogP) is 6.11. The number of thiophene rings is 1. The Hall–Kier alpha value is -2.49. The number of ketones is 1. The zero-order valence-electron chi connectivity index (χ0n) is 18.4. The van der Waals surface area contributed by atoms with Gasteiger partial charge in [0.25, 0.3) is 0 Å². The van der Waals surface area contributed by atoms with Crippen LogP contribution in [0.1, 0.15) is 50.0 Å². The van der Waals surface area contributed by atoms with Crippen LogP contribution in [0.3, 0.4) is 0 Å². The molecule has 2 N–H and O–H groups in total. The standard InChI is InChI=1S/C25H27N3OS2/c1-5-30-20-10-11-31-23(20)21-17(14-26)24(27)28(16-8-6-15(2)7-9-16)18-12-25(3,4)13-19(29)22(18)21/h6-11,21H,5,12-13,27H2,1-4H3. The van der Waals surface area contributed by atoms with E-state index in [1.54, 1.807) is 23.1 Å². The molecule has 2 heterocycles. The van der Waals surface area contributed by atoms with Crippen LogP contribution in [0.2, 0.25) is 0 Å². The summed E-state index contributed by atoms with van der Waals surface area (Å²) in [5, 5.41) is 12.2. The topological polar surface area (TPSA) is 70.1 Å². The van der Waals surface area contributed by atoms with Gasteiger partial charge in [0.1, 0.15) is 5.82 Å². The monoisotopic (exact) mass is 449 g/mol. The number of carbonyl (C=O) groups excluding carboxylic acids is 1. The van der Waals surface area contributed by atoms with Gasteiger partial charge in [-0.15, -0.1) is 23.1 Å². The van der Waals surface area contributed by atoms with E-state index in [0.29, 0.717) is 17.8 Å². The Balaban J connectivity index is 1.98. The molecular formula is C25H27N3OS2. The quantitative estimate of drug-likeness (QED) is 0.570. The number of thioether (sulfide) groups is 1. The molecule has 1 aromatic carbocycles. The molecule has 0 saturated carbocycles. The van der Waals surface area contributed by atoms with Gasteiger partial charge >= 0.3 is 0 Å². The Morgan fingerprint density at radius 3 is 2.61 bits per heavy atom. The third kappa shape index (κ3) is 3.81. The van der Waals surface area contributed by atoms with Crippen LogP contribution >= 0.6 is 23.1 Å². The van der Waals surface area contributed by atoms with Crippen LogP contribution in [0.25, 0.3) is 0 Å². The molecule has 1 unspecified atom stereocenters. The predicted molar refractivity (Wildman–Crippen MR) is 129 cm³/mol. The van der Waals surface area contributed by atoms with Crippen molar-refractivity contribution in [1.29, 1.82) is 5.26 Å². The van der Waals surface area contributed by atoms with Crippen LogP contribution in [0.15, 0.2) is 63.3 Å². The number of nitrogens with two attached hydrogens (primary N) is 1. The largest absolute Gasteiger partial charge is 0.384 e. The molecule has 1 atom stereocenters. The van der Waals surface area contributed by atoms with Gasteiger partial charge in [-0.3, -0.25) is 9.69 Å². The average Bonchev–Trinajstić information content (AvgIpc) is 3.15. The summed E-state index contributed by atoms with van der Waals surface area (Å²) in [5.74, 6) is 1.09. The summed E-state index contributed by atoms with van der Waals surface area (Å²) < 4.78 is 0. The maximum atomic E-state index is 13.6. The van der Waals surface area contributed by atoms with Crippen LogP contribution < -0.4 is 10.6 Å². The minimum Gasteiger partial charge on any atom is -0.384 e. The maximum absolute atomic E-state index is 13.6. The van der Waals surface area contributed by atoms with E-state index in [1.807, 2.05) is 41.5 Å². The lowest BCUT2D eigenvalue weighted by Crippen LogP contribution is -2.42. The number of allylic oxidation sites excluding steroid dienone is 3. The summed E-state index contributed by atoms with van der Waals surface area (Å²) in [4.78, 5) is 17.7. The molecule has 0 amide bonds. The molecule has 160 valence electrons. The van der Waals surface area contributed by atoms with Gasteiger partial charge < -0.3 is 5.73 Å². The second kappa shape index (κ2) is 8.22. The number of Topliss-reactive ketones (excluding diaryl/α,β-unsaturated/α-hetero) is 1. The minimum atomic E-state index is -0.389. The molecular weight excluding hydrogens is 422 g/mol. The highest BCUT2D eigenvalue weighted by molar-refractivity contribution is 7.99. The number of carbonyl (C=O) groups is 1. The van der Waals surface area contributed by atoms with E-state index >= 15 is 0 Å². The molecule has 1 aromatic heterocycles. The van der Waals surface area contributed by atoms with Crippen LogP contribution in [0, 0.1) is 23.7 Å². The lowest BCUT2D eigenvalue weighted by molar-refractivity contribution is -0.118. The summed E-state index contributed by atoms with van der Waals surface area (Å²) in [6.07, 6.45) is 1.21. The van der Waals surface area contributed by atoms with E-state index in [4.69, 9.17) is 5.73 Å². The number of anilines is 1. The summed E-state index contributed by atoms with van der Waals surface area (Å²) in [6.45, 7) is 8.40. The van der Waals surface area contributed by atoms with Crippen molar-refractivity contribution in [3.05, 3.63) is 68.8 Å². The van der Waals surface area contributed by atoms with Crippen LogP contribution in [0.4, 0.5) is 5.69 Å². The van der Waals surface area contributed by atoms with Crippen LogP contribution in [-0.2, 0) is 4.79 Å². The van der Waals surface area contributed by atoms with E-state index in [-0.39, 0.29) is 17.1 Å². The number of rotatable bonds is 4. The van der Waals surface area contributed by atoms with E-state index in [2.05, 4.69) is 32.9 Å². The van der Waals surface area contributed by atoms with Gasteiger partial charge in [-0.2, -0.15) is 5.26 Å². The molecule has 0 radical (unpaired) electrons. The molecule has 1 aliphatic heterocycles. The van der Waals surface area contributed by atoms with Gasteiger partial charge in [0.15, 0.2) is 5.78 Å². The second-order valence-electron chi connectivity index (χ2n) is 8.90. The zero-order valence-corrected chi connectivity index (χ0v) is 20.0. The Kier molecular flexibility index (Phi) is 5.76. The number of hydrogen-bond donors (Lipinski definition) is 1. The van der Waals surface area contributed by atoms with Crippen molar-refractivity contribution < 1.29 is 4.79 Å². The van der Waals surface area contributed by atoms with Crippen LogP contribution in [0.5, 0.6) is 0 Å². The smallest absolute Gasteiger partial charge is 0.162 e. The van der Waals surface area contributed by atoms with Crippen molar-refractivity contribution in [3.63, 3.8) is 0 Å². The van der Waals surface area contributed by atoms with Gasteiger partial charge in [-0.1, -0.05) is 38.5 Å².